The highest BCUT2D eigenvalue weighted by molar-refractivity contribution is 7.98. The number of carbonyl (C=O) groups is 1. The normalized spacial score (nSPS) is 19.7. The number of fused-ring (bicyclic) bond motifs is 1. The molecule has 1 N–H and O–H groups in total. The smallest absolute Gasteiger partial charge is 0.227 e. The third-order valence-electron chi connectivity index (χ3n) is 5.78. The van der Waals surface area contributed by atoms with Gasteiger partial charge in [-0.05, 0) is 47.4 Å². The Morgan fingerprint density at radius 3 is 2.84 bits per heavy atom. The maximum Gasteiger partial charge on any atom is 0.227 e. The molecule has 31 heavy (non-hydrogen) atoms. The van der Waals surface area contributed by atoms with Crippen molar-refractivity contribution in [1.82, 2.24) is 14.8 Å². The van der Waals surface area contributed by atoms with Crippen molar-refractivity contribution in [1.29, 1.82) is 0 Å². The Balaban J connectivity index is 1.53. The number of Topliss-reactive ketones (excluding diaryl/α,β-unsaturated/α-hetero) is 1. The Bertz CT molecular complexity index is 1210. The van der Waals surface area contributed by atoms with Gasteiger partial charge in [-0.15, -0.1) is 16.4 Å². The number of anilines is 1. The number of aromatic nitrogens is 3. The summed E-state index contributed by atoms with van der Waals surface area (Å²) >= 11 is 3.04. The molecule has 0 spiro atoms. The molecule has 5 nitrogen and oxygen atoms in total. The fraction of sp³-hybridized carbons (Fsp3) is 0.348. The fourth-order valence-corrected chi connectivity index (χ4v) is 6.15. The number of nitrogens with zero attached hydrogens (tertiary/aromatic N) is 3. The van der Waals surface area contributed by atoms with E-state index in [-0.39, 0.29) is 23.1 Å². The molecule has 1 aliphatic carbocycles. The number of allylic oxidation sites excluding steroid dienone is 2. The monoisotopic (exact) mass is 454 g/mol. The fourth-order valence-electron chi connectivity index (χ4n) is 4.32. The number of nitrogens with one attached hydrogen (secondary N) is 1. The van der Waals surface area contributed by atoms with Crippen molar-refractivity contribution in [2.75, 3.05) is 5.32 Å². The second-order valence-corrected chi connectivity index (χ2v) is 10.8. The van der Waals surface area contributed by atoms with Gasteiger partial charge in [0, 0.05) is 28.3 Å². The summed E-state index contributed by atoms with van der Waals surface area (Å²) in [6, 6.07) is 8.55. The number of ketones is 1. The predicted octanol–water partition coefficient (Wildman–Crippen LogP) is 5.74. The molecule has 1 aromatic carbocycles. The zero-order chi connectivity index (χ0) is 21.8. The highest BCUT2D eigenvalue weighted by Crippen LogP contribution is 2.47. The number of carbonyl (C=O) groups excluding carboxylic acids is 1. The van der Waals surface area contributed by atoms with Gasteiger partial charge in [0.1, 0.15) is 11.9 Å². The van der Waals surface area contributed by atoms with E-state index >= 15 is 0 Å². The minimum Gasteiger partial charge on any atom is -0.328 e. The third-order valence-corrected chi connectivity index (χ3v) is 7.73. The van der Waals surface area contributed by atoms with E-state index in [0.717, 1.165) is 28.1 Å². The summed E-state index contributed by atoms with van der Waals surface area (Å²) in [6.45, 7) is 6.31. The van der Waals surface area contributed by atoms with Crippen LogP contribution in [0.3, 0.4) is 0 Å². The van der Waals surface area contributed by atoms with Crippen LogP contribution in [0.5, 0.6) is 0 Å². The first-order valence-corrected chi connectivity index (χ1v) is 12.1. The first kappa shape index (κ1) is 20.5. The van der Waals surface area contributed by atoms with Crippen LogP contribution in [0.25, 0.3) is 0 Å². The van der Waals surface area contributed by atoms with Gasteiger partial charge in [0.15, 0.2) is 5.78 Å². The molecule has 2 aliphatic rings. The van der Waals surface area contributed by atoms with E-state index in [1.165, 1.54) is 17.8 Å². The number of benzene rings is 1. The standard InChI is InChI=1S/C23H23FN4OS2/c1-13-8-9-30-20(13)19-18-16(10-23(2,3)11-17(18)29)25-21-26-22(27-28(19)21)31-12-14-6-4-5-7-15(14)24/h4-9,19H,10-12H2,1-3H3,(H,25,26,27). The molecule has 0 bridgehead atoms. The molecule has 3 heterocycles. The molecular weight excluding hydrogens is 431 g/mol. The van der Waals surface area contributed by atoms with E-state index < -0.39 is 0 Å². The highest BCUT2D eigenvalue weighted by atomic mass is 32.2. The maximum atomic E-state index is 14.0. The van der Waals surface area contributed by atoms with Crippen LogP contribution in [-0.2, 0) is 10.5 Å². The molecule has 0 amide bonds. The molecule has 1 atom stereocenters. The van der Waals surface area contributed by atoms with Gasteiger partial charge in [0.05, 0.1) is 0 Å². The van der Waals surface area contributed by atoms with Crippen LogP contribution in [0.1, 0.15) is 48.7 Å². The highest BCUT2D eigenvalue weighted by Gasteiger charge is 2.42. The predicted molar refractivity (Wildman–Crippen MR) is 122 cm³/mol. The molecular formula is C23H23FN4OS2. The minimum absolute atomic E-state index is 0.0947. The van der Waals surface area contributed by atoms with Crippen molar-refractivity contribution < 1.29 is 9.18 Å². The molecule has 5 rings (SSSR count). The number of halogens is 1. The lowest BCUT2D eigenvalue weighted by Gasteiger charge is -2.38. The van der Waals surface area contributed by atoms with Crippen molar-refractivity contribution in [3.05, 3.63) is 68.8 Å². The van der Waals surface area contributed by atoms with Crippen LogP contribution >= 0.6 is 23.1 Å². The van der Waals surface area contributed by atoms with E-state index in [2.05, 4.69) is 42.5 Å². The first-order valence-electron chi connectivity index (χ1n) is 10.2. The molecule has 3 aromatic rings. The molecule has 1 unspecified atom stereocenters. The molecule has 1 aliphatic heterocycles. The lowest BCUT2D eigenvalue weighted by molar-refractivity contribution is -0.118. The summed E-state index contributed by atoms with van der Waals surface area (Å²) in [4.78, 5) is 19.0. The van der Waals surface area contributed by atoms with E-state index in [9.17, 15) is 9.18 Å². The van der Waals surface area contributed by atoms with Gasteiger partial charge < -0.3 is 5.32 Å². The number of hydrogen-bond donors (Lipinski definition) is 1. The van der Waals surface area contributed by atoms with Gasteiger partial charge >= 0.3 is 0 Å². The SMILES string of the molecule is Cc1ccsc1C1C2=C(CC(C)(C)CC2=O)Nc2nc(SCc3ccccc3F)nn21. The molecule has 0 saturated heterocycles. The Labute approximate surface area is 188 Å². The number of hydrogen-bond acceptors (Lipinski definition) is 6. The number of rotatable bonds is 4. The summed E-state index contributed by atoms with van der Waals surface area (Å²) in [6.07, 6.45) is 1.31. The second kappa shape index (κ2) is 7.60. The van der Waals surface area contributed by atoms with Crippen molar-refractivity contribution in [3.63, 3.8) is 0 Å². The second-order valence-electron chi connectivity index (χ2n) is 8.87. The van der Waals surface area contributed by atoms with Crippen LogP contribution in [0.15, 0.2) is 52.1 Å². The third kappa shape index (κ3) is 3.72. The van der Waals surface area contributed by atoms with Gasteiger partial charge in [0.25, 0.3) is 0 Å². The summed E-state index contributed by atoms with van der Waals surface area (Å²) in [5.41, 5.74) is 3.41. The van der Waals surface area contributed by atoms with E-state index in [0.29, 0.717) is 28.8 Å². The van der Waals surface area contributed by atoms with E-state index in [1.807, 2.05) is 10.7 Å². The molecule has 2 aromatic heterocycles. The maximum absolute atomic E-state index is 14.0. The van der Waals surface area contributed by atoms with Crippen LogP contribution in [0.4, 0.5) is 10.3 Å². The van der Waals surface area contributed by atoms with Gasteiger partial charge in [-0.25, -0.2) is 9.07 Å². The lowest BCUT2D eigenvalue weighted by Crippen LogP contribution is -2.36. The van der Waals surface area contributed by atoms with Crippen LogP contribution in [0, 0.1) is 18.2 Å². The first-order chi connectivity index (χ1) is 14.8. The number of aryl methyl sites for hydroxylation is 1. The topological polar surface area (TPSA) is 59.8 Å². The van der Waals surface area contributed by atoms with Crippen LogP contribution < -0.4 is 5.32 Å². The quantitative estimate of drug-likeness (QED) is 0.510. The Morgan fingerprint density at radius 2 is 2.10 bits per heavy atom. The molecule has 160 valence electrons. The average molecular weight is 455 g/mol. The largest absolute Gasteiger partial charge is 0.328 e. The zero-order valence-electron chi connectivity index (χ0n) is 17.6. The van der Waals surface area contributed by atoms with Crippen molar-refractivity contribution in [2.45, 2.75) is 50.6 Å². The zero-order valence-corrected chi connectivity index (χ0v) is 19.2. The summed E-state index contributed by atoms with van der Waals surface area (Å²) in [5, 5.41) is 10.7. The van der Waals surface area contributed by atoms with Crippen molar-refractivity contribution in [3.8, 4) is 0 Å². The molecule has 8 heteroatoms. The average Bonchev–Trinajstić information content (AvgIpc) is 3.30. The van der Waals surface area contributed by atoms with Gasteiger partial charge in [-0.3, -0.25) is 4.79 Å². The molecule has 0 saturated carbocycles. The summed E-state index contributed by atoms with van der Waals surface area (Å²) < 4.78 is 15.8. The lowest BCUT2D eigenvalue weighted by atomic mass is 9.73. The Kier molecular flexibility index (Phi) is 5.01. The molecule has 0 radical (unpaired) electrons. The Hall–Kier alpha value is -2.45. The van der Waals surface area contributed by atoms with Crippen molar-refractivity contribution >= 4 is 34.8 Å². The molecule has 0 fully saturated rings. The van der Waals surface area contributed by atoms with Crippen LogP contribution in [-0.4, -0.2) is 20.5 Å². The number of thiophene rings is 1. The van der Waals surface area contributed by atoms with Crippen molar-refractivity contribution in [2.24, 2.45) is 5.41 Å². The van der Waals surface area contributed by atoms with Crippen LogP contribution in [0.2, 0.25) is 0 Å². The van der Waals surface area contributed by atoms with Gasteiger partial charge in [-0.1, -0.05) is 43.8 Å². The van der Waals surface area contributed by atoms with E-state index in [4.69, 9.17) is 5.10 Å². The summed E-state index contributed by atoms with van der Waals surface area (Å²) in [7, 11) is 0. The number of thioether (sulfide) groups is 1. The Morgan fingerprint density at radius 1 is 1.29 bits per heavy atom. The minimum atomic E-state index is -0.273. The van der Waals surface area contributed by atoms with Gasteiger partial charge in [-0.2, -0.15) is 4.98 Å². The van der Waals surface area contributed by atoms with Gasteiger partial charge in [0.2, 0.25) is 11.1 Å². The van der Waals surface area contributed by atoms with E-state index in [1.54, 1.807) is 23.5 Å². The summed E-state index contributed by atoms with van der Waals surface area (Å²) in [5.74, 6) is 1.02.